The average molecular weight is 428 g/mol. The Labute approximate surface area is 186 Å². The number of rotatable bonds is 4. The first-order valence-corrected chi connectivity index (χ1v) is 10.5. The summed E-state index contributed by atoms with van der Waals surface area (Å²) in [5, 5.41) is 20.1. The van der Waals surface area contributed by atoms with Crippen LogP contribution in [0.1, 0.15) is 50.4 Å². The van der Waals surface area contributed by atoms with Crippen LogP contribution in [-0.4, -0.2) is 50.8 Å². The van der Waals surface area contributed by atoms with Gasteiger partial charge in [0.15, 0.2) is 5.69 Å². The number of hydrogen-bond donors (Lipinski definition) is 1. The molecule has 0 radical (unpaired) electrons. The lowest BCUT2D eigenvalue weighted by molar-refractivity contribution is 0.0692. The van der Waals surface area contributed by atoms with Gasteiger partial charge in [-0.3, -0.25) is 9.59 Å². The highest BCUT2D eigenvalue weighted by molar-refractivity contribution is 5.94. The molecule has 32 heavy (non-hydrogen) atoms. The molecule has 0 aliphatic carbocycles. The molecule has 0 saturated carbocycles. The van der Waals surface area contributed by atoms with E-state index in [-0.39, 0.29) is 17.9 Å². The van der Waals surface area contributed by atoms with Gasteiger partial charge < -0.3 is 10.2 Å². The predicted molar refractivity (Wildman–Crippen MR) is 118 cm³/mol. The third kappa shape index (κ3) is 4.52. The number of aromatic nitrogens is 3. The maximum absolute atomic E-state index is 12.9. The monoisotopic (exact) mass is 428 g/mol. The summed E-state index contributed by atoms with van der Waals surface area (Å²) >= 11 is 0. The summed E-state index contributed by atoms with van der Waals surface area (Å²) in [5.41, 5.74) is 4.55. The van der Waals surface area contributed by atoms with Crippen LogP contribution >= 0.6 is 0 Å². The van der Waals surface area contributed by atoms with Crippen LogP contribution in [0.4, 0.5) is 0 Å². The van der Waals surface area contributed by atoms with E-state index in [1.165, 1.54) is 5.56 Å². The summed E-state index contributed by atoms with van der Waals surface area (Å²) < 4.78 is 1.62. The van der Waals surface area contributed by atoms with Crippen LogP contribution in [-0.2, 0) is 0 Å². The van der Waals surface area contributed by atoms with E-state index in [2.05, 4.69) is 15.6 Å². The Balaban J connectivity index is 1.33. The van der Waals surface area contributed by atoms with Crippen molar-refractivity contribution in [3.05, 3.63) is 76.6 Å². The zero-order chi connectivity index (χ0) is 22.7. The lowest BCUT2D eigenvalue weighted by Crippen LogP contribution is -2.46. The van der Waals surface area contributed by atoms with Gasteiger partial charge in [-0.2, -0.15) is 5.26 Å². The van der Waals surface area contributed by atoms with E-state index < -0.39 is 0 Å². The largest absolute Gasteiger partial charge is 0.349 e. The van der Waals surface area contributed by atoms with Crippen molar-refractivity contribution >= 4 is 11.8 Å². The minimum atomic E-state index is -0.171. The number of nitrogens with zero attached hydrogens (tertiary/aromatic N) is 5. The van der Waals surface area contributed by atoms with Gasteiger partial charge in [-0.25, -0.2) is 4.68 Å². The number of aryl methyl sites for hydroxylation is 2. The molecule has 1 saturated heterocycles. The standard InChI is InChI=1S/C24H24N6O2/c1-16-3-8-21(13-17(16)2)30-15-22(27-28-30)24(32)29-11-9-20(10-12-29)26-23(31)19-6-4-18(14-25)5-7-19/h3-8,13,15,20H,9-12H2,1-2H3,(H,26,31). The van der Waals surface area contributed by atoms with E-state index in [0.717, 1.165) is 11.3 Å². The van der Waals surface area contributed by atoms with Crippen LogP contribution in [0.5, 0.6) is 0 Å². The van der Waals surface area contributed by atoms with Crippen molar-refractivity contribution < 1.29 is 9.59 Å². The Hall–Kier alpha value is -3.99. The van der Waals surface area contributed by atoms with E-state index in [1.807, 2.05) is 38.1 Å². The zero-order valence-electron chi connectivity index (χ0n) is 18.1. The second kappa shape index (κ2) is 9.02. The molecule has 1 fully saturated rings. The highest BCUT2D eigenvalue weighted by Gasteiger charge is 2.26. The molecule has 162 valence electrons. The van der Waals surface area contributed by atoms with Gasteiger partial charge in [0, 0.05) is 24.7 Å². The molecular formula is C24H24N6O2. The number of hydrogen-bond acceptors (Lipinski definition) is 5. The van der Waals surface area contributed by atoms with Crippen molar-refractivity contribution in [3.8, 4) is 11.8 Å². The fourth-order valence-corrected chi connectivity index (χ4v) is 3.71. The Kier molecular flexibility index (Phi) is 5.99. The number of carbonyl (C=O) groups excluding carboxylic acids is 2. The molecule has 0 atom stereocenters. The van der Waals surface area contributed by atoms with E-state index in [0.29, 0.717) is 42.8 Å². The van der Waals surface area contributed by atoms with Gasteiger partial charge in [0.05, 0.1) is 23.5 Å². The van der Waals surface area contributed by atoms with Gasteiger partial charge >= 0.3 is 0 Å². The first-order chi connectivity index (χ1) is 15.4. The smallest absolute Gasteiger partial charge is 0.276 e. The normalized spacial score (nSPS) is 14.1. The van der Waals surface area contributed by atoms with Crippen molar-refractivity contribution in [1.82, 2.24) is 25.2 Å². The number of likely N-dealkylation sites (tertiary alicyclic amines) is 1. The molecule has 1 aliphatic rings. The van der Waals surface area contributed by atoms with Gasteiger partial charge in [0.1, 0.15) is 0 Å². The molecule has 3 aromatic rings. The molecular weight excluding hydrogens is 404 g/mol. The average Bonchev–Trinajstić information content (AvgIpc) is 3.31. The highest BCUT2D eigenvalue weighted by atomic mass is 16.2. The third-order valence-electron chi connectivity index (χ3n) is 5.86. The first kappa shape index (κ1) is 21.2. The Morgan fingerprint density at radius 3 is 2.44 bits per heavy atom. The molecule has 2 heterocycles. The highest BCUT2D eigenvalue weighted by Crippen LogP contribution is 2.16. The van der Waals surface area contributed by atoms with E-state index >= 15 is 0 Å². The minimum absolute atomic E-state index is 0.00610. The summed E-state index contributed by atoms with van der Waals surface area (Å²) in [6.07, 6.45) is 2.99. The van der Waals surface area contributed by atoms with Gasteiger partial charge in [0.25, 0.3) is 11.8 Å². The fraction of sp³-hybridized carbons (Fsp3) is 0.292. The number of nitriles is 1. The van der Waals surface area contributed by atoms with Gasteiger partial charge in [-0.15, -0.1) is 5.10 Å². The lowest BCUT2D eigenvalue weighted by atomic mass is 10.0. The van der Waals surface area contributed by atoms with Crippen LogP contribution in [0, 0.1) is 25.2 Å². The predicted octanol–water partition coefficient (Wildman–Crippen LogP) is 2.79. The van der Waals surface area contributed by atoms with E-state index in [4.69, 9.17) is 5.26 Å². The zero-order valence-corrected chi connectivity index (χ0v) is 18.1. The molecule has 8 heteroatoms. The Morgan fingerprint density at radius 2 is 1.78 bits per heavy atom. The quantitative estimate of drug-likeness (QED) is 0.688. The molecule has 1 aromatic heterocycles. The van der Waals surface area contributed by atoms with Crippen LogP contribution in [0.3, 0.4) is 0 Å². The molecule has 2 aromatic carbocycles. The topological polar surface area (TPSA) is 104 Å². The van der Waals surface area contributed by atoms with Crippen LogP contribution in [0.15, 0.2) is 48.7 Å². The summed E-state index contributed by atoms with van der Waals surface area (Å²) in [7, 11) is 0. The maximum Gasteiger partial charge on any atom is 0.276 e. The first-order valence-electron chi connectivity index (χ1n) is 10.5. The SMILES string of the molecule is Cc1ccc(-n2cc(C(=O)N3CCC(NC(=O)c4ccc(C#N)cc4)CC3)nn2)cc1C. The molecule has 1 N–H and O–H groups in total. The van der Waals surface area contributed by atoms with Crippen molar-refractivity contribution in [2.75, 3.05) is 13.1 Å². The molecule has 0 spiro atoms. The van der Waals surface area contributed by atoms with Gasteiger partial charge in [0.2, 0.25) is 0 Å². The number of nitrogens with one attached hydrogen (secondary N) is 1. The van der Waals surface area contributed by atoms with E-state index in [1.54, 1.807) is 40.0 Å². The van der Waals surface area contributed by atoms with Crippen molar-refractivity contribution in [3.63, 3.8) is 0 Å². The molecule has 1 aliphatic heterocycles. The summed E-state index contributed by atoms with van der Waals surface area (Å²) in [6.45, 7) is 5.15. The van der Waals surface area contributed by atoms with Crippen LogP contribution in [0.25, 0.3) is 5.69 Å². The third-order valence-corrected chi connectivity index (χ3v) is 5.86. The lowest BCUT2D eigenvalue weighted by Gasteiger charge is -2.31. The van der Waals surface area contributed by atoms with E-state index in [9.17, 15) is 9.59 Å². The van der Waals surface area contributed by atoms with Crippen molar-refractivity contribution in [2.24, 2.45) is 0 Å². The van der Waals surface area contributed by atoms with Gasteiger partial charge in [-0.1, -0.05) is 11.3 Å². The van der Waals surface area contributed by atoms with Crippen LogP contribution < -0.4 is 5.32 Å². The Morgan fingerprint density at radius 1 is 1.06 bits per heavy atom. The summed E-state index contributed by atoms with van der Waals surface area (Å²) in [6, 6.07) is 14.6. The summed E-state index contributed by atoms with van der Waals surface area (Å²) in [4.78, 5) is 27.1. The fourth-order valence-electron chi connectivity index (χ4n) is 3.71. The van der Waals surface area contributed by atoms with Crippen molar-refractivity contribution in [2.45, 2.75) is 32.7 Å². The molecule has 4 rings (SSSR count). The number of benzene rings is 2. The van der Waals surface area contributed by atoms with Gasteiger partial charge in [-0.05, 0) is 74.2 Å². The second-order valence-corrected chi connectivity index (χ2v) is 8.05. The molecule has 8 nitrogen and oxygen atoms in total. The maximum atomic E-state index is 12.9. The second-order valence-electron chi connectivity index (χ2n) is 8.05. The molecule has 0 bridgehead atoms. The number of amides is 2. The summed E-state index contributed by atoms with van der Waals surface area (Å²) in [5.74, 6) is -0.326. The number of piperidine rings is 1. The van der Waals surface area contributed by atoms with Crippen LogP contribution in [0.2, 0.25) is 0 Å². The molecule has 2 amide bonds. The molecule has 0 unspecified atom stereocenters. The number of carbonyl (C=O) groups is 2. The minimum Gasteiger partial charge on any atom is -0.349 e. The Bertz CT molecular complexity index is 1180. The van der Waals surface area contributed by atoms with Crippen molar-refractivity contribution in [1.29, 1.82) is 5.26 Å².